The van der Waals surface area contributed by atoms with Crippen LogP contribution in [0.5, 0.6) is 0 Å². The van der Waals surface area contributed by atoms with Crippen LogP contribution < -0.4 is 10.9 Å². The molecule has 0 spiro atoms. The lowest BCUT2D eigenvalue weighted by molar-refractivity contribution is 0.598. The fourth-order valence-electron chi connectivity index (χ4n) is 1.04. The third-order valence-corrected chi connectivity index (χ3v) is 2.80. The Balaban J connectivity index is 0.000000352. The molecule has 0 saturated heterocycles. The number of rotatable bonds is 1. The van der Waals surface area contributed by atoms with Crippen LogP contribution in [0.25, 0.3) is 0 Å². The quantitative estimate of drug-likeness (QED) is 0.786. The third kappa shape index (κ3) is 6.24. The zero-order valence-electron chi connectivity index (χ0n) is 9.56. The number of sulfonamides is 1. The smallest absolute Gasteiger partial charge is 0.238 e. The highest BCUT2D eigenvalue weighted by Crippen LogP contribution is 2.08. The van der Waals surface area contributed by atoms with Crippen LogP contribution >= 0.6 is 12.4 Å². The molecule has 2 rings (SSSR count). The number of nitrogens with two attached hydrogens (primary N) is 2. The van der Waals surface area contributed by atoms with Crippen LogP contribution in [0.3, 0.4) is 0 Å². The van der Waals surface area contributed by atoms with E-state index in [4.69, 9.17) is 10.9 Å². The summed E-state index contributed by atoms with van der Waals surface area (Å²) in [6.07, 6.45) is 0. The van der Waals surface area contributed by atoms with Gasteiger partial charge < -0.3 is 5.73 Å². The first-order valence-electron chi connectivity index (χ1n) is 4.88. The molecule has 2 aromatic carbocycles. The van der Waals surface area contributed by atoms with Crippen molar-refractivity contribution in [2.45, 2.75) is 4.90 Å². The first kappa shape index (κ1) is 16.4. The van der Waals surface area contributed by atoms with Crippen molar-refractivity contribution in [2.75, 3.05) is 5.73 Å². The largest absolute Gasteiger partial charge is 0.399 e. The maximum atomic E-state index is 10.7. The van der Waals surface area contributed by atoms with E-state index in [1.165, 1.54) is 24.3 Å². The van der Waals surface area contributed by atoms with E-state index in [1.807, 2.05) is 36.4 Å². The summed E-state index contributed by atoms with van der Waals surface area (Å²) in [6, 6.07) is 17.7. The van der Waals surface area contributed by atoms with Crippen molar-refractivity contribution in [3.8, 4) is 0 Å². The van der Waals surface area contributed by atoms with Crippen molar-refractivity contribution in [1.82, 2.24) is 0 Å². The molecule has 0 radical (unpaired) electrons. The highest BCUT2D eigenvalue weighted by molar-refractivity contribution is 7.89. The van der Waals surface area contributed by atoms with Crippen molar-refractivity contribution >= 4 is 28.1 Å². The minimum atomic E-state index is -3.58. The van der Waals surface area contributed by atoms with E-state index < -0.39 is 10.0 Å². The summed E-state index contributed by atoms with van der Waals surface area (Å²) in [7, 11) is -3.58. The Morgan fingerprint density at radius 3 is 1.39 bits per heavy atom. The Bertz CT molecular complexity index is 515. The highest BCUT2D eigenvalue weighted by atomic mass is 35.5. The molecule has 0 aromatic heterocycles. The molecule has 0 unspecified atom stereocenters. The Morgan fingerprint density at radius 1 is 0.778 bits per heavy atom. The fourth-order valence-corrected chi connectivity index (χ4v) is 1.56. The zero-order chi connectivity index (χ0) is 12.7. The van der Waals surface area contributed by atoms with Gasteiger partial charge in [0.05, 0.1) is 4.90 Å². The van der Waals surface area contributed by atoms with E-state index in [-0.39, 0.29) is 17.3 Å². The van der Waals surface area contributed by atoms with Crippen LogP contribution in [0.15, 0.2) is 65.6 Å². The van der Waals surface area contributed by atoms with Crippen LogP contribution in [0, 0.1) is 0 Å². The summed E-state index contributed by atoms with van der Waals surface area (Å²) < 4.78 is 21.4. The van der Waals surface area contributed by atoms with E-state index >= 15 is 0 Å². The molecule has 0 aliphatic carbocycles. The predicted molar refractivity (Wildman–Crippen MR) is 75.9 cm³/mol. The van der Waals surface area contributed by atoms with Gasteiger partial charge in [-0.25, -0.2) is 13.6 Å². The van der Waals surface area contributed by atoms with Gasteiger partial charge in [0.25, 0.3) is 0 Å². The van der Waals surface area contributed by atoms with Gasteiger partial charge in [-0.3, -0.25) is 0 Å². The van der Waals surface area contributed by atoms with E-state index in [9.17, 15) is 8.42 Å². The molecule has 4 nitrogen and oxygen atoms in total. The molecule has 0 atom stereocenters. The molecule has 0 amide bonds. The van der Waals surface area contributed by atoms with Gasteiger partial charge in [-0.15, -0.1) is 12.4 Å². The van der Waals surface area contributed by atoms with Crippen molar-refractivity contribution in [3.05, 3.63) is 60.7 Å². The first-order valence-corrected chi connectivity index (χ1v) is 6.43. The van der Waals surface area contributed by atoms with Crippen molar-refractivity contribution in [2.24, 2.45) is 5.14 Å². The Kier molecular flexibility index (Phi) is 7.04. The molecule has 18 heavy (non-hydrogen) atoms. The zero-order valence-corrected chi connectivity index (χ0v) is 11.2. The molecule has 98 valence electrons. The minimum absolute atomic E-state index is 0. The molecular formula is C12H15ClN2O2S. The van der Waals surface area contributed by atoms with E-state index in [0.29, 0.717) is 5.69 Å². The van der Waals surface area contributed by atoms with Gasteiger partial charge in [-0.2, -0.15) is 0 Å². The van der Waals surface area contributed by atoms with Gasteiger partial charge in [-0.05, 0) is 24.3 Å². The maximum Gasteiger partial charge on any atom is 0.238 e. The summed E-state index contributed by atoms with van der Waals surface area (Å²) in [5.41, 5.74) is 5.85. The molecule has 0 heterocycles. The number of anilines is 1. The lowest BCUT2D eigenvalue weighted by Crippen LogP contribution is -2.11. The van der Waals surface area contributed by atoms with Crippen molar-refractivity contribution in [3.63, 3.8) is 0 Å². The molecule has 0 aliphatic heterocycles. The minimum Gasteiger partial charge on any atom is -0.399 e. The van der Waals surface area contributed by atoms with E-state index in [0.717, 1.165) is 0 Å². The summed E-state index contributed by atoms with van der Waals surface area (Å²) in [4.78, 5) is 0.0756. The number of hydrogen-bond donors (Lipinski definition) is 2. The molecule has 0 fully saturated rings. The molecule has 4 N–H and O–H groups in total. The van der Waals surface area contributed by atoms with Crippen molar-refractivity contribution < 1.29 is 8.42 Å². The van der Waals surface area contributed by atoms with Crippen LogP contribution in [0.4, 0.5) is 5.69 Å². The van der Waals surface area contributed by atoms with Gasteiger partial charge in [0.15, 0.2) is 0 Å². The van der Waals surface area contributed by atoms with Gasteiger partial charge in [0.1, 0.15) is 0 Å². The summed E-state index contributed by atoms with van der Waals surface area (Å²) in [5.74, 6) is 0. The molecule has 2 aromatic rings. The number of benzene rings is 2. The molecule has 6 heteroatoms. The SMILES string of the molecule is Cl.Nc1ccc(S(N)(=O)=O)cc1.c1ccccc1. The second-order valence-corrected chi connectivity index (χ2v) is 4.83. The van der Waals surface area contributed by atoms with Gasteiger partial charge in [-0.1, -0.05) is 36.4 Å². The highest BCUT2D eigenvalue weighted by Gasteiger charge is 2.04. The van der Waals surface area contributed by atoms with Gasteiger partial charge in [0, 0.05) is 5.69 Å². The average molecular weight is 287 g/mol. The van der Waals surface area contributed by atoms with Crippen LogP contribution in [-0.2, 0) is 10.0 Å². The lowest BCUT2D eigenvalue weighted by atomic mass is 10.3. The first-order chi connectivity index (χ1) is 8.00. The summed E-state index contributed by atoms with van der Waals surface area (Å²) in [6.45, 7) is 0. The fraction of sp³-hybridized carbons (Fsp3) is 0. The van der Waals surface area contributed by atoms with Crippen LogP contribution in [-0.4, -0.2) is 8.42 Å². The Hall–Kier alpha value is -1.56. The standard InChI is InChI=1S/C6H8N2O2S.C6H6.ClH/c7-5-1-3-6(4-2-5)11(8,9)10;1-2-4-6-5-3-1;/h1-4H,7H2,(H2,8,9,10);1-6H;1H. The molecule has 0 saturated carbocycles. The number of nitrogen functional groups attached to an aromatic ring is 1. The number of halogens is 1. The summed E-state index contributed by atoms with van der Waals surface area (Å²) >= 11 is 0. The normalized spacial score (nSPS) is 9.61. The topological polar surface area (TPSA) is 86.2 Å². The third-order valence-electron chi connectivity index (χ3n) is 1.88. The Morgan fingerprint density at radius 2 is 1.11 bits per heavy atom. The number of primary sulfonamides is 1. The lowest BCUT2D eigenvalue weighted by Gasteiger charge is -1.96. The molecular weight excluding hydrogens is 272 g/mol. The molecule has 0 bridgehead atoms. The second-order valence-electron chi connectivity index (χ2n) is 3.27. The Labute approximate surface area is 113 Å². The van der Waals surface area contributed by atoms with Crippen LogP contribution in [0.2, 0.25) is 0 Å². The number of hydrogen-bond acceptors (Lipinski definition) is 3. The van der Waals surface area contributed by atoms with Crippen molar-refractivity contribution in [1.29, 1.82) is 0 Å². The maximum absolute atomic E-state index is 10.7. The van der Waals surface area contributed by atoms with Crippen LogP contribution in [0.1, 0.15) is 0 Å². The van der Waals surface area contributed by atoms with Gasteiger partial charge in [0.2, 0.25) is 10.0 Å². The molecule has 0 aliphatic rings. The monoisotopic (exact) mass is 286 g/mol. The second kappa shape index (κ2) is 7.71. The summed E-state index contributed by atoms with van der Waals surface area (Å²) in [5, 5.41) is 4.84. The van der Waals surface area contributed by atoms with Gasteiger partial charge >= 0.3 is 0 Å². The van der Waals surface area contributed by atoms with E-state index in [1.54, 1.807) is 0 Å². The predicted octanol–water partition coefficient (Wildman–Crippen LogP) is 2.02. The average Bonchev–Trinajstić information content (AvgIpc) is 2.31. The van der Waals surface area contributed by atoms with E-state index in [2.05, 4.69) is 0 Å².